The van der Waals surface area contributed by atoms with Crippen LogP contribution in [0.25, 0.3) is 11.1 Å². The summed E-state index contributed by atoms with van der Waals surface area (Å²) in [6.07, 6.45) is 2.56. The first-order chi connectivity index (χ1) is 16.3. The number of sulfonamides is 1. The van der Waals surface area contributed by atoms with Crippen molar-refractivity contribution in [2.45, 2.75) is 32.6 Å². The number of urea groups is 1. The lowest BCUT2D eigenvalue weighted by Crippen LogP contribution is -2.49. The van der Waals surface area contributed by atoms with Gasteiger partial charge in [0.15, 0.2) is 0 Å². The SMILES string of the molecule is COc1ccc(-c2cc(N3CCC(=O)NC3=O)cc(C(C)(C)C)c2OC)cc1/C=N/NS(C)(=O)=O. The van der Waals surface area contributed by atoms with Crippen molar-refractivity contribution >= 4 is 33.9 Å². The van der Waals surface area contributed by atoms with E-state index in [1.165, 1.54) is 18.2 Å². The van der Waals surface area contributed by atoms with Crippen LogP contribution in [0.4, 0.5) is 10.5 Å². The number of methoxy groups -OCH3 is 2. The van der Waals surface area contributed by atoms with Gasteiger partial charge in [-0.05, 0) is 35.2 Å². The number of rotatable bonds is 7. The van der Waals surface area contributed by atoms with E-state index in [1.54, 1.807) is 19.2 Å². The summed E-state index contributed by atoms with van der Waals surface area (Å²) in [6, 6.07) is 8.63. The fourth-order valence-corrected chi connectivity index (χ4v) is 4.01. The van der Waals surface area contributed by atoms with Crippen molar-refractivity contribution in [2.75, 3.05) is 31.9 Å². The number of hydrazone groups is 1. The molecule has 1 saturated heterocycles. The molecule has 2 N–H and O–H groups in total. The molecule has 1 heterocycles. The lowest BCUT2D eigenvalue weighted by molar-refractivity contribution is -0.120. The molecule has 2 aromatic carbocycles. The number of hydrogen-bond acceptors (Lipinski definition) is 7. The summed E-state index contributed by atoms with van der Waals surface area (Å²) in [5, 5.41) is 6.16. The molecular formula is C24H30N4O6S. The first-order valence-electron chi connectivity index (χ1n) is 10.9. The third-order valence-electron chi connectivity index (χ3n) is 5.41. The highest BCUT2D eigenvalue weighted by molar-refractivity contribution is 7.88. The standard InChI is InChI=1S/C24H30N4O6S/c1-24(2,3)19-13-17(28-10-9-21(29)26-23(28)30)12-18(22(19)34-5)15-7-8-20(33-4)16(11-15)14-25-27-35(6,31)32/h7-8,11-14,27H,9-10H2,1-6H3,(H,26,29,30)/b25-14+. The number of hydrogen-bond donors (Lipinski definition) is 2. The van der Waals surface area contributed by atoms with E-state index in [0.29, 0.717) is 28.3 Å². The maximum atomic E-state index is 12.6. The van der Waals surface area contributed by atoms with Gasteiger partial charge < -0.3 is 9.47 Å². The molecule has 0 unspecified atom stereocenters. The Bertz CT molecular complexity index is 1280. The Morgan fingerprint density at radius 2 is 1.83 bits per heavy atom. The van der Waals surface area contributed by atoms with Crippen molar-refractivity contribution < 1.29 is 27.5 Å². The average Bonchev–Trinajstić information content (AvgIpc) is 2.76. The van der Waals surface area contributed by atoms with Gasteiger partial charge in [0.1, 0.15) is 11.5 Å². The Morgan fingerprint density at radius 3 is 2.40 bits per heavy atom. The van der Waals surface area contributed by atoms with Gasteiger partial charge >= 0.3 is 6.03 Å². The lowest BCUT2D eigenvalue weighted by Gasteiger charge is -2.31. The van der Waals surface area contributed by atoms with Gasteiger partial charge in [-0.15, -0.1) is 0 Å². The molecule has 188 valence electrons. The number of nitrogens with one attached hydrogen (secondary N) is 2. The fraction of sp³-hybridized carbons (Fsp3) is 0.375. The zero-order valence-corrected chi connectivity index (χ0v) is 21.4. The first kappa shape index (κ1) is 26.0. The summed E-state index contributed by atoms with van der Waals surface area (Å²) < 4.78 is 34.0. The highest BCUT2D eigenvalue weighted by Gasteiger charge is 2.29. The third kappa shape index (κ3) is 6.10. The van der Waals surface area contributed by atoms with Gasteiger partial charge in [-0.25, -0.2) is 18.0 Å². The van der Waals surface area contributed by atoms with Crippen molar-refractivity contribution in [3.8, 4) is 22.6 Å². The molecular weight excluding hydrogens is 472 g/mol. The minimum absolute atomic E-state index is 0.203. The van der Waals surface area contributed by atoms with E-state index in [2.05, 4.69) is 15.2 Å². The Hall–Kier alpha value is -3.60. The second kappa shape index (κ2) is 9.95. The zero-order chi connectivity index (χ0) is 26.0. The van der Waals surface area contributed by atoms with E-state index < -0.39 is 16.1 Å². The Morgan fingerprint density at radius 1 is 1.11 bits per heavy atom. The van der Waals surface area contributed by atoms with E-state index in [9.17, 15) is 18.0 Å². The topological polar surface area (TPSA) is 126 Å². The second-order valence-corrected chi connectivity index (χ2v) is 10.9. The highest BCUT2D eigenvalue weighted by Crippen LogP contribution is 2.43. The molecule has 0 aromatic heterocycles. The molecule has 35 heavy (non-hydrogen) atoms. The van der Waals surface area contributed by atoms with Crippen LogP contribution in [-0.2, 0) is 20.2 Å². The number of carbonyl (C=O) groups is 2. The molecule has 2 aromatic rings. The third-order valence-corrected chi connectivity index (χ3v) is 5.85. The van der Waals surface area contributed by atoms with Crippen LogP contribution in [-0.4, -0.2) is 53.6 Å². The zero-order valence-electron chi connectivity index (χ0n) is 20.6. The van der Waals surface area contributed by atoms with Gasteiger partial charge in [-0.1, -0.05) is 26.8 Å². The first-order valence-corrected chi connectivity index (χ1v) is 12.8. The molecule has 3 rings (SSSR count). The predicted octanol–water partition coefficient (Wildman–Crippen LogP) is 3.00. The van der Waals surface area contributed by atoms with Gasteiger partial charge in [0.05, 0.1) is 26.7 Å². The molecule has 1 fully saturated rings. The molecule has 10 nitrogen and oxygen atoms in total. The summed E-state index contributed by atoms with van der Waals surface area (Å²) in [4.78, 5) is 27.8. The minimum atomic E-state index is -3.51. The summed E-state index contributed by atoms with van der Waals surface area (Å²) in [5.41, 5.74) is 3.17. The van der Waals surface area contributed by atoms with Crippen LogP contribution < -0.4 is 24.5 Å². The fourth-order valence-electron chi connectivity index (χ4n) is 3.77. The van der Waals surface area contributed by atoms with Crippen molar-refractivity contribution in [1.82, 2.24) is 10.1 Å². The van der Waals surface area contributed by atoms with Gasteiger partial charge in [0.2, 0.25) is 15.9 Å². The van der Waals surface area contributed by atoms with Gasteiger partial charge in [-0.3, -0.25) is 15.0 Å². The minimum Gasteiger partial charge on any atom is -0.496 e. The van der Waals surface area contributed by atoms with Crippen LogP contribution in [0.2, 0.25) is 0 Å². The number of ether oxygens (including phenoxy) is 2. The van der Waals surface area contributed by atoms with Crippen LogP contribution in [0.1, 0.15) is 38.3 Å². The van der Waals surface area contributed by atoms with E-state index in [-0.39, 0.29) is 24.3 Å². The second-order valence-electron chi connectivity index (χ2n) is 9.16. The normalized spacial score (nSPS) is 14.7. The molecule has 1 aliphatic rings. The van der Waals surface area contributed by atoms with Gasteiger partial charge in [0, 0.05) is 35.3 Å². The van der Waals surface area contributed by atoms with Crippen LogP contribution in [0.15, 0.2) is 35.4 Å². The van der Waals surface area contributed by atoms with Gasteiger partial charge in [-0.2, -0.15) is 5.10 Å². The smallest absolute Gasteiger partial charge is 0.328 e. The summed E-state index contributed by atoms with van der Waals surface area (Å²) in [7, 11) is -0.421. The van der Waals surface area contributed by atoms with Crippen LogP contribution in [0.5, 0.6) is 11.5 Å². The monoisotopic (exact) mass is 502 g/mol. The van der Waals surface area contributed by atoms with Crippen molar-refractivity contribution in [3.05, 3.63) is 41.5 Å². The molecule has 0 saturated carbocycles. The maximum Gasteiger partial charge on any atom is 0.328 e. The van der Waals surface area contributed by atoms with Crippen LogP contribution >= 0.6 is 0 Å². The number of imide groups is 1. The highest BCUT2D eigenvalue weighted by atomic mass is 32.2. The summed E-state index contributed by atoms with van der Waals surface area (Å²) in [5.74, 6) is 0.822. The maximum absolute atomic E-state index is 12.6. The quantitative estimate of drug-likeness (QED) is 0.443. The number of nitrogens with zero attached hydrogens (tertiary/aromatic N) is 2. The number of anilines is 1. The largest absolute Gasteiger partial charge is 0.496 e. The summed E-state index contributed by atoms with van der Waals surface area (Å²) >= 11 is 0. The Kier molecular flexibility index (Phi) is 7.39. The van der Waals surface area contributed by atoms with Crippen molar-refractivity contribution in [2.24, 2.45) is 5.10 Å². The van der Waals surface area contributed by atoms with E-state index >= 15 is 0 Å². The molecule has 3 amide bonds. The number of benzene rings is 2. The number of carbonyl (C=O) groups excluding carboxylic acids is 2. The molecule has 0 radical (unpaired) electrons. The molecule has 11 heteroatoms. The average molecular weight is 503 g/mol. The van der Waals surface area contributed by atoms with E-state index in [4.69, 9.17) is 9.47 Å². The Labute approximate surface area is 205 Å². The van der Waals surface area contributed by atoms with Crippen LogP contribution in [0, 0.1) is 0 Å². The van der Waals surface area contributed by atoms with Crippen LogP contribution in [0.3, 0.4) is 0 Å². The molecule has 0 spiro atoms. The van der Waals surface area contributed by atoms with Crippen molar-refractivity contribution in [1.29, 1.82) is 0 Å². The number of amides is 3. The van der Waals surface area contributed by atoms with Crippen molar-refractivity contribution in [3.63, 3.8) is 0 Å². The molecule has 0 atom stereocenters. The van der Waals surface area contributed by atoms with Gasteiger partial charge in [0.25, 0.3) is 0 Å². The summed E-state index contributed by atoms with van der Waals surface area (Å²) in [6.45, 7) is 6.39. The molecule has 0 bridgehead atoms. The molecule has 0 aliphatic carbocycles. The predicted molar refractivity (Wildman–Crippen MR) is 135 cm³/mol. The van der Waals surface area contributed by atoms with E-state index in [1.807, 2.05) is 39.0 Å². The molecule has 1 aliphatic heterocycles. The lowest BCUT2D eigenvalue weighted by atomic mass is 9.83. The van der Waals surface area contributed by atoms with E-state index in [0.717, 1.165) is 17.4 Å². The Balaban J connectivity index is 2.20.